The van der Waals surface area contributed by atoms with Crippen molar-refractivity contribution in [2.75, 3.05) is 25.0 Å². The van der Waals surface area contributed by atoms with E-state index in [2.05, 4.69) is 10.3 Å². The Labute approximate surface area is 223 Å². The van der Waals surface area contributed by atoms with E-state index >= 15 is 4.39 Å². The number of pyridine rings is 1. The molecule has 0 saturated carbocycles. The summed E-state index contributed by atoms with van der Waals surface area (Å²) < 4.78 is 25.8. The Kier molecular flexibility index (Phi) is 5.57. The maximum Gasteiger partial charge on any atom is 0.259 e. The largest absolute Gasteiger partial charge is 0.451 e. The molecule has 7 rings (SSSR count). The molecule has 9 heteroatoms. The van der Waals surface area contributed by atoms with Crippen molar-refractivity contribution in [2.24, 2.45) is 0 Å². The monoisotopic (exact) mass is 523 g/mol. The molecule has 1 fully saturated rings. The number of anilines is 1. The third kappa shape index (κ3) is 3.93. The highest BCUT2D eigenvalue weighted by molar-refractivity contribution is 6.02. The summed E-state index contributed by atoms with van der Waals surface area (Å²) in [5.41, 5.74) is 0.881. The van der Waals surface area contributed by atoms with Gasteiger partial charge in [0.1, 0.15) is 16.8 Å². The van der Waals surface area contributed by atoms with Gasteiger partial charge in [0.05, 0.1) is 17.4 Å². The van der Waals surface area contributed by atoms with Gasteiger partial charge in [0.25, 0.3) is 5.91 Å². The summed E-state index contributed by atoms with van der Waals surface area (Å²) in [4.78, 5) is 32.8. The minimum Gasteiger partial charge on any atom is -0.451 e. The number of hydrogen-bond acceptors (Lipinski definition) is 5. The second kappa shape index (κ2) is 9.27. The maximum absolute atomic E-state index is 15.7. The molecule has 1 N–H and O–H groups in total. The number of rotatable bonds is 6. The van der Waals surface area contributed by atoms with Crippen LogP contribution in [0.5, 0.6) is 11.5 Å². The molecule has 0 bridgehead atoms. The van der Waals surface area contributed by atoms with Crippen LogP contribution >= 0.6 is 0 Å². The van der Waals surface area contributed by atoms with E-state index in [0.717, 1.165) is 36.6 Å². The molecular formula is C30H26FN5O3. The van der Waals surface area contributed by atoms with Gasteiger partial charge in [-0.2, -0.15) is 0 Å². The first kappa shape index (κ1) is 23.5. The average molecular weight is 524 g/mol. The van der Waals surface area contributed by atoms with Crippen molar-refractivity contribution < 1.29 is 13.9 Å². The average Bonchev–Trinajstić information content (AvgIpc) is 3.67. The van der Waals surface area contributed by atoms with Crippen LogP contribution in [-0.4, -0.2) is 44.6 Å². The number of benzene rings is 3. The number of aromatic nitrogens is 3. The molecule has 0 atom stereocenters. The molecule has 2 aromatic heterocycles. The van der Waals surface area contributed by atoms with Crippen molar-refractivity contribution in [1.82, 2.24) is 19.0 Å². The zero-order chi connectivity index (χ0) is 26.5. The van der Waals surface area contributed by atoms with E-state index < -0.39 is 11.2 Å². The van der Waals surface area contributed by atoms with Gasteiger partial charge in [-0.25, -0.2) is 9.37 Å². The number of carbonyl (C=O) groups excluding carboxylic acids is 1. The van der Waals surface area contributed by atoms with Crippen LogP contribution in [0.1, 0.15) is 29.6 Å². The molecule has 39 heavy (non-hydrogen) atoms. The standard InChI is InChI=1S/C30H26FN5O3/c31-23-16-21-27-29(26(23)33-8-5-10-34-13-9-32-18-34)39-25-15-20-7-2-1-6-19(20)14-24(25)36(27)17-22(28(21)37)30(38)35-11-3-4-12-35/h1-2,6-7,9,13-18,33H,3-5,8,10-12H2. The molecule has 5 aromatic rings. The maximum atomic E-state index is 15.7. The summed E-state index contributed by atoms with van der Waals surface area (Å²) in [5.74, 6) is -0.148. The number of halogens is 1. The second-order valence-electron chi connectivity index (χ2n) is 10.0. The summed E-state index contributed by atoms with van der Waals surface area (Å²) in [5, 5.41) is 5.27. The zero-order valence-corrected chi connectivity index (χ0v) is 21.2. The quantitative estimate of drug-likeness (QED) is 0.299. The van der Waals surface area contributed by atoms with Gasteiger partial charge in [-0.05, 0) is 48.2 Å². The van der Waals surface area contributed by atoms with E-state index in [1.807, 2.05) is 51.7 Å². The summed E-state index contributed by atoms with van der Waals surface area (Å²) >= 11 is 0. The van der Waals surface area contributed by atoms with Crippen molar-refractivity contribution in [1.29, 1.82) is 0 Å². The Morgan fingerprint density at radius 1 is 1.10 bits per heavy atom. The van der Waals surface area contributed by atoms with Gasteiger partial charge in [-0.3, -0.25) is 9.59 Å². The molecule has 3 aromatic carbocycles. The minimum absolute atomic E-state index is 0.0387. The number of imidazole rings is 1. The van der Waals surface area contributed by atoms with Gasteiger partial charge in [0, 0.05) is 44.8 Å². The van der Waals surface area contributed by atoms with E-state index in [4.69, 9.17) is 4.74 Å². The number of carbonyl (C=O) groups is 1. The molecule has 196 valence electrons. The number of nitrogens with one attached hydrogen (secondary N) is 1. The van der Waals surface area contributed by atoms with E-state index in [-0.39, 0.29) is 28.3 Å². The van der Waals surface area contributed by atoms with Gasteiger partial charge in [-0.1, -0.05) is 24.3 Å². The van der Waals surface area contributed by atoms with Crippen LogP contribution in [0.3, 0.4) is 0 Å². The molecule has 0 spiro atoms. The number of fused-ring (bicyclic) bond motifs is 3. The van der Waals surface area contributed by atoms with Crippen molar-refractivity contribution in [3.8, 4) is 17.2 Å². The highest BCUT2D eigenvalue weighted by Crippen LogP contribution is 2.46. The van der Waals surface area contributed by atoms with Crippen molar-refractivity contribution >= 4 is 33.3 Å². The highest BCUT2D eigenvalue weighted by Gasteiger charge is 2.30. The Bertz CT molecular complexity index is 1810. The van der Waals surface area contributed by atoms with Gasteiger partial charge >= 0.3 is 0 Å². The lowest BCUT2D eigenvalue weighted by Gasteiger charge is -2.27. The predicted octanol–water partition coefficient (Wildman–Crippen LogP) is 5.32. The van der Waals surface area contributed by atoms with Crippen LogP contribution in [-0.2, 0) is 6.54 Å². The Hall–Kier alpha value is -4.66. The van der Waals surface area contributed by atoms with Crippen LogP contribution in [0.2, 0.25) is 0 Å². The number of nitrogens with zero attached hydrogens (tertiary/aromatic N) is 4. The van der Waals surface area contributed by atoms with Crippen LogP contribution in [0, 0.1) is 5.82 Å². The van der Waals surface area contributed by atoms with Crippen LogP contribution in [0.15, 0.2) is 72.2 Å². The lowest BCUT2D eigenvalue weighted by Crippen LogP contribution is -2.33. The normalized spacial score (nSPS) is 14.0. The zero-order valence-electron chi connectivity index (χ0n) is 21.2. The lowest BCUT2D eigenvalue weighted by molar-refractivity contribution is 0.0791. The van der Waals surface area contributed by atoms with Crippen LogP contribution in [0.4, 0.5) is 10.1 Å². The first-order chi connectivity index (χ1) is 19.1. The number of ether oxygens (including phenoxy) is 1. The molecule has 4 heterocycles. The number of amides is 1. The summed E-state index contributed by atoms with van der Waals surface area (Å²) in [6.45, 7) is 2.43. The van der Waals surface area contributed by atoms with E-state index in [1.54, 1.807) is 23.6 Å². The lowest BCUT2D eigenvalue weighted by atomic mass is 10.0. The Morgan fingerprint density at radius 2 is 1.90 bits per heavy atom. The van der Waals surface area contributed by atoms with Gasteiger partial charge in [-0.15, -0.1) is 0 Å². The van der Waals surface area contributed by atoms with Crippen molar-refractivity contribution in [2.45, 2.75) is 25.8 Å². The molecule has 2 aliphatic heterocycles. The van der Waals surface area contributed by atoms with Crippen molar-refractivity contribution in [3.05, 3.63) is 89.0 Å². The fourth-order valence-corrected chi connectivity index (χ4v) is 5.60. The SMILES string of the molecule is O=C(c1cn2c3c(c(NCCCn4ccnc4)c(F)cc3c1=O)Oc1cc3ccccc3cc1-2)N1CCCC1. The number of likely N-dealkylation sites (tertiary alicyclic amines) is 1. The van der Waals surface area contributed by atoms with Crippen LogP contribution < -0.4 is 15.5 Å². The van der Waals surface area contributed by atoms with Gasteiger partial charge in [0.2, 0.25) is 5.43 Å². The fourth-order valence-electron chi connectivity index (χ4n) is 5.60. The second-order valence-corrected chi connectivity index (χ2v) is 10.0. The summed E-state index contributed by atoms with van der Waals surface area (Å²) in [6.07, 6.45) is 9.48. The third-order valence-corrected chi connectivity index (χ3v) is 7.57. The highest BCUT2D eigenvalue weighted by atomic mass is 19.1. The number of aryl methyl sites for hydroxylation is 1. The number of hydrogen-bond donors (Lipinski definition) is 1. The molecule has 2 aliphatic rings. The molecule has 0 unspecified atom stereocenters. The van der Waals surface area contributed by atoms with E-state index in [1.165, 1.54) is 6.07 Å². The third-order valence-electron chi connectivity index (χ3n) is 7.57. The Morgan fingerprint density at radius 3 is 2.67 bits per heavy atom. The predicted molar refractivity (Wildman–Crippen MR) is 148 cm³/mol. The first-order valence-corrected chi connectivity index (χ1v) is 13.2. The van der Waals surface area contributed by atoms with E-state index in [9.17, 15) is 9.59 Å². The molecular weight excluding hydrogens is 497 g/mol. The first-order valence-electron chi connectivity index (χ1n) is 13.2. The molecule has 0 radical (unpaired) electrons. The fraction of sp³-hybridized carbons (Fsp3) is 0.233. The van der Waals surface area contributed by atoms with Gasteiger partial charge in [0.15, 0.2) is 17.3 Å². The summed E-state index contributed by atoms with van der Waals surface area (Å²) in [6, 6.07) is 13.0. The summed E-state index contributed by atoms with van der Waals surface area (Å²) in [7, 11) is 0. The molecule has 1 amide bonds. The van der Waals surface area contributed by atoms with Gasteiger partial charge < -0.3 is 24.1 Å². The smallest absolute Gasteiger partial charge is 0.259 e. The molecule has 0 aliphatic carbocycles. The van der Waals surface area contributed by atoms with E-state index in [0.29, 0.717) is 36.6 Å². The topological polar surface area (TPSA) is 81.4 Å². The van der Waals surface area contributed by atoms with Crippen LogP contribution in [0.25, 0.3) is 27.4 Å². The molecule has 1 saturated heterocycles. The minimum atomic E-state index is -0.598. The van der Waals surface area contributed by atoms with Crippen molar-refractivity contribution in [3.63, 3.8) is 0 Å². The molecule has 8 nitrogen and oxygen atoms in total. The Balaban J connectivity index is 1.39.